The molecule has 10 heteroatoms. The summed E-state index contributed by atoms with van der Waals surface area (Å²) in [6.07, 6.45) is 4.18. The van der Waals surface area contributed by atoms with E-state index in [0.29, 0.717) is 41.1 Å². The van der Waals surface area contributed by atoms with Gasteiger partial charge in [-0.05, 0) is 73.6 Å². The maximum absolute atomic E-state index is 13.3. The molecule has 3 aromatic rings. The summed E-state index contributed by atoms with van der Waals surface area (Å²) < 4.78 is 13.3. The van der Waals surface area contributed by atoms with Gasteiger partial charge in [-0.2, -0.15) is 4.80 Å². The highest BCUT2D eigenvalue weighted by atomic mass is 35.5. The smallest absolute Gasteiger partial charge is 0.270 e. The van der Waals surface area contributed by atoms with E-state index in [1.165, 1.54) is 12.1 Å². The topological polar surface area (TPSA) is 112 Å². The zero-order valence-corrected chi connectivity index (χ0v) is 18.5. The Morgan fingerprint density at radius 1 is 1.25 bits per heavy atom. The number of carbonyl (C=O) groups excluding carboxylic acids is 1. The molecule has 4 rings (SSSR count). The summed E-state index contributed by atoms with van der Waals surface area (Å²) in [7, 11) is 0. The number of amides is 1. The van der Waals surface area contributed by atoms with E-state index in [4.69, 9.17) is 17.3 Å². The average Bonchev–Trinajstić information content (AvgIpc) is 3.24. The summed E-state index contributed by atoms with van der Waals surface area (Å²) in [6.45, 7) is 2.70. The van der Waals surface area contributed by atoms with Crippen molar-refractivity contribution in [2.45, 2.75) is 51.7 Å². The Kier molecular flexibility index (Phi) is 6.76. The summed E-state index contributed by atoms with van der Waals surface area (Å²) in [5.74, 6) is 0.0837. The minimum absolute atomic E-state index is 0.0120. The molecule has 1 amide bonds. The van der Waals surface area contributed by atoms with Gasteiger partial charge in [0.05, 0.1) is 11.6 Å². The second kappa shape index (κ2) is 9.70. The molecule has 0 radical (unpaired) electrons. The van der Waals surface area contributed by atoms with E-state index in [2.05, 4.69) is 25.7 Å². The molecule has 0 bridgehead atoms. The fraction of sp³-hybridized carbons (Fsp3) is 0.409. The quantitative estimate of drug-likeness (QED) is 0.587. The first-order chi connectivity index (χ1) is 15.4. The van der Waals surface area contributed by atoms with Crippen molar-refractivity contribution in [3.8, 4) is 11.4 Å². The molecule has 2 heterocycles. The van der Waals surface area contributed by atoms with Gasteiger partial charge in [0.1, 0.15) is 11.5 Å². The zero-order chi connectivity index (χ0) is 22.7. The lowest BCUT2D eigenvalue weighted by atomic mass is 9.86. The third-order valence-corrected chi connectivity index (χ3v) is 5.94. The van der Waals surface area contributed by atoms with E-state index in [9.17, 15) is 9.18 Å². The average molecular weight is 458 g/mol. The van der Waals surface area contributed by atoms with Crippen LogP contribution in [0.2, 0.25) is 5.02 Å². The number of aromatic nitrogens is 5. The predicted octanol–water partition coefficient (Wildman–Crippen LogP) is 3.28. The molecule has 1 aliphatic rings. The van der Waals surface area contributed by atoms with Gasteiger partial charge in [0.2, 0.25) is 5.82 Å². The van der Waals surface area contributed by atoms with Crippen molar-refractivity contribution in [2.75, 3.05) is 0 Å². The van der Waals surface area contributed by atoms with Crippen LogP contribution >= 0.6 is 11.6 Å². The molecule has 3 N–H and O–H groups in total. The Hall–Kier alpha value is -2.91. The molecule has 32 heavy (non-hydrogen) atoms. The molecular weight excluding hydrogens is 433 g/mol. The second-order valence-corrected chi connectivity index (χ2v) is 8.67. The molecule has 1 aliphatic carbocycles. The Balaban J connectivity index is 1.43. The third kappa shape index (κ3) is 5.46. The van der Waals surface area contributed by atoms with Crippen LogP contribution in [0.3, 0.4) is 0 Å². The number of pyridine rings is 1. The lowest BCUT2D eigenvalue weighted by Crippen LogP contribution is -2.28. The largest absolute Gasteiger partial charge is 0.347 e. The van der Waals surface area contributed by atoms with E-state index in [1.54, 1.807) is 23.9 Å². The van der Waals surface area contributed by atoms with Gasteiger partial charge in [0, 0.05) is 23.8 Å². The lowest BCUT2D eigenvalue weighted by Gasteiger charge is -2.25. The maximum atomic E-state index is 13.3. The van der Waals surface area contributed by atoms with Crippen LogP contribution < -0.4 is 11.1 Å². The number of nitrogens with two attached hydrogens (primary N) is 1. The normalized spacial score (nSPS) is 18.5. The number of aryl methyl sites for hydroxylation is 1. The van der Waals surface area contributed by atoms with Crippen molar-refractivity contribution in [3.05, 3.63) is 58.1 Å². The summed E-state index contributed by atoms with van der Waals surface area (Å²) in [6, 6.07) is 8.07. The summed E-state index contributed by atoms with van der Waals surface area (Å²) in [5, 5.41) is 15.6. The number of nitrogens with zero attached hydrogens (tertiary/aromatic N) is 5. The van der Waals surface area contributed by atoms with Crippen LogP contribution in [0.15, 0.2) is 30.3 Å². The Morgan fingerprint density at radius 3 is 2.78 bits per heavy atom. The minimum atomic E-state index is -0.501. The molecular formula is C22H25ClFN7O. The van der Waals surface area contributed by atoms with Crippen molar-refractivity contribution >= 4 is 17.5 Å². The van der Waals surface area contributed by atoms with Gasteiger partial charge in [0.15, 0.2) is 0 Å². The van der Waals surface area contributed by atoms with Gasteiger partial charge < -0.3 is 11.1 Å². The summed E-state index contributed by atoms with van der Waals surface area (Å²) in [4.78, 5) is 18.6. The molecule has 1 aromatic carbocycles. The number of nitrogens with one attached hydrogen (secondary N) is 1. The number of hydrogen-bond acceptors (Lipinski definition) is 6. The second-order valence-electron chi connectivity index (χ2n) is 8.26. The Bertz CT molecular complexity index is 1110. The standard InChI is InChI=1S/C22H25ClFN7O/c1-13-8-16(21-28-30-31(29-21)12-14-2-5-17(25)6-3-14)10-20(27-13)22(32)26-11-15-4-7-19(24)18(23)9-15/h4,7-10,14,17H,2-3,5-6,11-12,25H2,1H3,(H,26,32). The number of benzene rings is 1. The van der Waals surface area contributed by atoms with Crippen molar-refractivity contribution in [2.24, 2.45) is 11.7 Å². The number of halogens is 2. The van der Waals surface area contributed by atoms with E-state index < -0.39 is 5.82 Å². The molecule has 1 saturated carbocycles. The fourth-order valence-electron chi connectivity index (χ4n) is 3.87. The van der Waals surface area contributed by atoms with Crippen LogP contribution in [0, 0.1) is 18.7 Å². The van der Waals surface area contributed by atoms with Crippen molar-refractivity contribution in [3.63, 3.8) is 0 Å². The van der Waals surface area contributed by atoms with Crippen LogP contribution in [0.1, 0.15) is 47.4 Å². The first kappa shape index (κ1) is 22.3. The van der Waals surface area contributed by atoms with Crippen molar-refractivity contribution in [1.29, 1.82) is 0 Å². The summed E-state index contributed by atoms with van der Waals surface area (Å²) in [5.41, 5.74) is 8.24. The van der Waals surface area contributed by atoms with Crippen LogP contribution in [0.5, 0.6) is 0 Å². The lowest BCUT2D eigenvalue weighted by molar-refractivity contribution is 0.0945. The van der Waals surface area contributed by atoms with E-state index in [1.807, 2.05) is 6.07 Å². The van der Waals surface area contributed by atoms with Crippen molar-refractivity contribution < 1.29 is 9.18 Å². The number of carbonyl (C=O) groups is 1. The van der Waals surface area contributed by atoms with Crippen LogP contribution in [0.4, 0.5) is 4.39 Å². The van der Waals surface area contributed by atoms with Crippen LogP contribution in [-0.4, -0.2) is 37.1 Å². The van der Waals surface area contributed by atoms with Gasteiger partial charge >= 0.3 is 0 Å². The first-order valence-electron chi connectivity index (χ1n) is 10.6. The van der Waals surface area contributed by atoms with Gasteiger partial charge in [-0.1, -0.05) is 17.7 Å². The highest BCUT2D eigenvalue weighted by Crippen LogP contribution is 2.24. The number of hydrogen-bond donors (Lipinski definition) is 2. The zero-order valence-electron chi connectivity index (χ0n) is 17.8. The molecule has 2 aromatic heterocycles. The number of rotatable bonds is 6. The molecule has 1 fully saturated rings. The highest BCUT2D eigenvalue weighted by molar-refractivity contribution is 6.30. The van der Waals surface area contributed by atoms with E-state index >= 15 is 0 Å². The Labute approximate surface area is 190 Å². The molecule has 0 aliphatic heterocycles. The molecule has 0 atom stereocenters. The van der Waals surface area contributed by atoms with E-state index in [0.717, 1.165) is 25.7 Å². The fourth-order valence-corrected chi connectivity index (χ4v) is 4.08. The SMILES string of the molecule is Cc1cc(-c2nnn(CC3CCC(N)CC3)n2)cc(C(=O)NCc2ccc(F)c(Cl)c2)n1. The summed E-state index contributed by atoms with van der Waals surface area (Å²) >= 11 is 5.80. The Morgan fingerprint density at radius 2 is 2.03 bits per heavy atom. The number of tetrazole rings is 1. The van der Waals surface area contributed by atoms with E-state index in [-0.39, 0.29) is 23.2 Å². The van der Waals surface area contributed by atoms with Gasteiger partial charge in [-0.3, -0.25) is 4.79 Å². The molecule has 8 nitrogen and oxygen atoms in total. The van der Waals surface area contributed by atoms with Crippen LogP contribution in [-0.2, 0) is 13.1 Å². The maximum Gasteiger partial charge on any atom is 0.270 e. The molecule has 168 valence electrons. The third-order valence-electron chi connectivity index (χ3n) is 5.65. The molecule has 0 spiro atoms. The molecule has 0 saturated heterocycles. The first-order valence-corrected chi connectivity index (χ1v) is 11.0. The van der Waals surface area contributed by atoms with Gasteiger partial charge in [-0.25, -0.2) is 9.37 Å². The van der Waals surface area contributed by atoms with Crippen molar-refractivity contribution in [1.82, 2.24) is 30.5 Å². The minimum Gasteiger partial charge on any atom is -0.347 e. The van der Waals surface area contributed by atoms with Gasteiger partial charge in [0.25, 0.3) is 5.91 Å². The monoisotopic (exact) mass is 457 g/mol. The highest BCUT2D eigenvalue weighted by Gasteiger charge is 2.20. The van der Waals surface area contributed by atoms with Gasteiger partial charge in [-0.15, -0.1) is 10.2 Å². The van der Waals surface area contributed by atoms with Crippen LogP contribution in [0.25, 0.3) is 11.4 Å². The predicted molar refractivity (Wildman–Crippen MR) is 118 cm³/mol. The molecule has 0 unspecified atom stereocenters.